The molecule has 204 valence electrons. The number of Topliss-reactive ketones (excluding diaryl/α,β-unsaturated/α-hetero) is 1. The van der Waals surface area contributed by atoms with Crippen LogP contribution in [-0.2, 0) is 0 Å². The second kappa shape index (κ2) is 17.6. The summed E-state index contributed by atoms with van der Waals surface area (Å²) in [6.07, 6.45) is 17.5. The Bertz CT molecular complexity index is 1010. The van der Waals surface area contributed by atoms with Crippen molar-refractivity contribution in [1.29, 1.82) is 0 Å². The fourth-order valence-corrected chi connectivity index (χ4v) is 4.04. The van der Waals surface area contributed by atoms with Gasteiger partial charge < -0.3 is 15.3 Å². The van der Waals surface area contributed by atoms with Crippen LogP contribution in [0.4, 0.5) is 0 Å². The number of phenolic OH excluding ortho intramolecular Hbond substituents is 2. The molecule has 4 heteroatoms. The van der Waals surface area contributed by atoms with E-state index in [9.17, 15) is 20.1 Å². The zero-order valence-corrected chi connectivity index (χ0v) is 23.8. The number of hydrogen-bond donors (Lipinski definition) is 3. The number of phenols is 2. The summed E-state index contributed by atoms with van der Waals surface area (Å²) < 4.78 is 0. The predicted molar refractivity (Wildman–Crippen MR) is 156 cm³/mol. The molecule has 0 unspecified atom stereocenters. The fraction of sp³-hybridized carbons (Fsp3) is 0.485. The van der Waals surface area contributed by atoms with Gasteiger partial charge in [-0.1, -0.05) is 52.7 Å². The van der Waals surface area contributed by atoms with Crippen LogP contribution in [0.25, 0.3) is 0 Å². The Morgan fingerprint density at radius 1 is 0.757 bits per heavy atom. The monoisotopic (exact) mass is 508 g/mol. The zero-order chi connectivity index (χ0) is 27.8. The van der Waals surface area contributed by atoms with E-state index in [1.54, 1.807) is 0 Å². The molecule has 0 aliphatic heterocycles. The summed E-state index contributed by atoms with van der Waals surface area (Å²) in [6.45, 7) is 12.6. The van der Waals surface area contributed by atoms with E-state index in [1.165, 1.54) is 40.5 Å². The van der Waals surface area contributed by atoms with Gasteiger partial charge in [-0.15, -0.1) is 0 Å². The molecule has 37 heavy (non-hydrogen) atoms. The van der Waals surface area contributed by atoms with E-state index in [1.807, 2.05) is 6.08 Å². The Labute approximate surface area is 224 Å². The van der Waals surface area contributed by atoms with Gasteiger partial charge in [0.05, 0.1) is 12.2 Å². The van der Waals surface area contributed by atoms with Crippen LogP contribution >= 0.6 is 0 Å². The quantitative estimate of drug-likeness (QED) is 0.154. The van der Waals surface area contributed by atoms with Crippen molar-refractivity contribution >= 4 is 5.78 Å². The van der Waals surface area contributed by atoms with Gasteiger partial charge in [-0.2, -0.15) is 0 Å². The van der Waals surface area contributed by atoms with Gasteiger partial charge >= 0.3 is 0 Å². The van der Waals surface area contributed by atoms with Gasteiger partial charge in [-0.05, 0) is 111 Å². The molecular weight excluding hydrogens is 460 g/mol. The maximum absolute atomic E-state index is 13.4. The van der Waals surface area contributed by atoms with E-state index in [0.717, 1.165) is 44.1 Å². The van der Waals surface area contributed by atoms with Gasteiger partial charge in [-0.25, -0.2) is 0 Å². The first-order valence-corrected chi connectivity index (χ1v) is 13.5. The van der Waals surface area contributed by atoms with Gasteiger partial charge in [0.1, 0.15) is 11.5 Å². The van der Waals surface area contributed by atoms with Crippen LogP contribution in [-0.4, -0.2) is 27.7 Å². The van der Waals surface area contributed by atoms with Gasteiger partial charge in [0.25, 0.3) is 0 Å². The molecule has 1 aromatic rings. The number of carbonyl (C=O) groups excluding carboxylic acids is 1. The molecule has 0 amide bonds. The van der Waals surface area contributed by atoms with Crippen molar-refractivity contribution in [3.63, 3.8) is 0 Å². The summed E-state index contributed by atoms with van der Waals surface area (Å²) in [7, 11) is 0. The first kappa shape index (κ1) is 32.2. The van der Waals surface area contributed by atoms with Crippen molar-refractivity contribution in [2.24, 2.45) is 5.92 Å². The molecule has 0 aliphatic carbocycles. The SMILES string of the molecule is CC(C)=CCC/C(C)=C/CC/C(C)=C/C[C@H](C/C=C(/CO)CCC=C(C)C)C(=O)c1ccc(O)cc1O. The molecule has 0 aromatic heterocycles. The second-order valence-corrected chi connectivity index (χ2v) is 10.5. The van der Waals surface area contributed by atoms with Crippen LogP contribution in [0, 0.1) is 5.92 Å². The first-order chi connectivity index (χ1) is 17.5. The molecule has 4 nitrogen and oxygen atoms in total. The minimum atomic E-state index is -0.364. The molecule has 0 fully saturated rings. The highest BCUT2D eigenvalue weighted by Gasteiger charge is 2.21. The molecule has 0 radical (unpaired) electrons. The highest BCUT2D eigenvalue weighted by molar-refractivity contribution is 6.00. The topological polar surface area (TPSA) is 77.8 Å². The third-order valence-corrected chi connectivity index (χ3v) is 6.40. The number of hydrogen-bond acceptors (Lipinski definition) is 4. The summed E-state index contributed by atoms with van der Waals surface area (Å²) in [5.41, 5.74) is 6.36. The highest BCUT2D eigenvalue weighted by Crippen LogP contribution is 2.28. The molecule has 0 heterocycles. The lowest BCUT2D eigenvalue weighted by Crippen LogP contribution is -2.14. The van der Waals surface area contributed by atoms with Crippen LogP contribution in [0.3, 0.4) is 0 Å². The average molecular weight is 509 g/mol. The van der Waals surface area contributed by atoms with Crippen molar-refractivity contribution in [2.75, 3.05) is 6.61 Å². The normalized spacial score (nSPS) is 13.3. The van der Waals surface area contributed by atoms with Gasteiger partial charge in [0, 0.05) is 12.0 Å². The predicted octanol–water partition coefficient (Wildman–Crippen LogP) is 8.76. The molecule has 0 bridgehead atoms. The second-order valence-electron chi connectivity index (χ2n) is 10.5. The minimum absolute atomic E-state index is 0.0316. The molecular formula is C33H48O4. The van der Waals surface area contributed by atoms with E-state index < -0.39 is 0 Å². The Hall–Kier alpha value is -2.85. The molecule has 0 spiro atoms. The number of rotatable bonds is 16. The number of aromatic hydroxyl groups is 2. The van der Waals surface area contributed by atoms with E-state index in [4.69, 9.17) is 0 Å². The summed E-state index contributed by atoms with van der Waals surface area (Å²) in [4.78, 5) is 13.4. The van der Waals surface area contributed by atoms with Crippen molar-refractivity contribution in [3.05, 3.63) is 82.0 Å². The number of allylic oxidation sites excluding steroid dienone is 9. The van der Waals surface area contributed by atoms with Crippen LogP contribution in [0.1, 0.15) is 103 Å². The minimum Gasteiger partial charge on any atom is -0.508 e. The van der Waals surface area contributed by atoms with E-state index >= 15 is 0 Å². The number of benzene rings is 1. The van der Waals surface area contributed by atoms with Gasteiger partial charge in [0.15, 0.2) is 5.78 Å². The molecule has 1 atom stereocenters. The van der Waals surface area contributed by atoms with Crippen molar-refractivity contribution in [3.8, 4) is 11.5 Å². The van der Waals surface area contributed by atoms with Gasteiger partial charge in [-0.3, -0.25) is 4.79 Å². The van der Waals surface area contributed by atoms with Crippen molar-refractivity contribution in [2.45, 2.75) is 92.9 Å². The Morgan fingerprint density at radius 3 is 1.86 bits per heavy atom. The molecule has 3 N–H and O–H groups in total. The lowest BCUT2D eigenvalue weighted by atomic mass is 9.89. The molecule has 0 saturated carbocycles. The Morgan fingerprint density at radius 2 is 1.30 bits per heavy atom. The number of carbonyl (C=O) groups is 1. The van der Waals surface area contributed by atoms with Crippen LogP contribution in [0.2, 0.25) is 0 Å². The van der Waals surface area contributed by atoms with Gasteiger partial charge in [0.2, 0.25) is 0 Å². The number of aliphatic hydroxyl groups is 1. The fourth-order valence-electron chi connectivity index (χ4n) is 4.04. The lowest BCUT2D eigenvalue weighted by Gasteiger charge is -2.15. The van der Waals surface area contributed by atoms with E-state index in [-0.39, 0.29) is 35.4 Å². The Balaban J connectivity index is 2.94. The zero-order valence-electron chi connectivity index (χ0n) is 23.8. The van der Waals surface area contributed by atoms with E-state index in [0.29, 0.717) is 12.8 Å². The maximum atomic E-state index is 13.4. The smallest absolute Gasteiger partial charge is 0.170 e. The summed E-state index contributed by atoms with van der Waals surface area (Å²) in [5, 5.41) is 29.7. The van der Waals surface area contributed by atoms with Crippen LogP contribution < -0.4 is 0 Å². The molecule has 0 aliphatic rings. The number of aliphatic hydroxyl groups excluding tert-OH is 1. The lowest BCUT2D eigenvalue weighted by molar-refractivity contribution is 0.0918. The molecule has 0 saturated heterocycles. The summed E-state index contributed by atoms with van der Waals surface area (Å²) >= 11 is 0. The maximum Gasteiger partial charge on any atom is 0.170 e. The van der Waals surface area contributed by atoms with Crippen LogP contribution in [0.15, 0.2) is 76.4 Å². The van der Waals surface area contributed by atoms with Crippen molar-refractivity contribution in [1.82, 2.24) is 0 Å². The summed E-state index contributed by atoms with van der Waals surface area (Å²) in [6, 6.07) is 4.10. The largest absolute Gasteiger partial charge is 0.508 e. The molecule has 1 aromatic carbocycles. The van der Waals surface area contributed by atoms with E-state index in [2.05, 4.69) is 65.8 Å². The molecule has 1 rings (SSSR count). The third-order valence-electron chi connectivity index (χ3n) is 6.40. The van der Waals surface area contributed by atoms with Crippen molar-refractivity contribution < 1.29 is 20.1 Å². The average Bonchev–Trinajstić information content (AvgIpc) is 2.82. The standard InChI is InChI=1S/C33H48O4/c1-24(2)10-7-12-26(5)13-9-14-27(6)16-18-29(19-17-28(23-34)15-8-11-25(3)4)33(37)31-21-20-30(35)22-32(31)36/h10-11,13,16-17,20-22,29,34-36H,7-9,12,14-15,18-19,23H2,1-6H3/b26-13+,27-16+,28-17+/t29-/m1/s1. The first-order valence-electron chi connectivity index (χ1n) is 13.5. The number of ketones is 1. The summed E-state index contributed by atoms with van der Waals surface area (Å²) in [5.74, 6) is -0.808. The van der Waals surface area contributed by atoms with Crippen LogP contribution in [0.5, 0.6) is 11.5 Å². The Kier molecular flexibility index (Phi) is 15.3. The third kappa shape index (κ3) is 13.9. The highest BCUT2D eigenvalue weighted by atomic mass is 16.3.